The third kappa shape index (κ3) is 4.10. The molecule has 0 spiro atoms. The number of methoxy groups -OCH3 is 2. The Morgan fingerprint density at radius 1 is 1.20 bits per heavy atom. The fourth-order valence-electron chi connectivity index (χ4n) is 1.22. The van der Waals surface area contributed by atoms with Crippen LogP contribution in [0.1, 0.15) is 10.4 Å². The summed E-state index contributed by atoms with van der Waals surface area (Å²) in [7, 11) is 2.27. The Kier molecular flexibility index (Phi) is 5.74. The zero-order valence-corrected chi connectivity index (χ0v) is 11.5. The van der Waals surface area contributed by atoms with Gasteiger partial charge in [-0.15, -0.1) is 0 Å². The van der Waals surface area contributed by atoms with Gasteiger partial charge in [-0.1, -0.05) is 11.6 Å². The van der Waals surface area contributed by atoms with Crippen molar-refractivity contribution in [1.29, 1.82) is 0 Å². The van der Waals surface area contributed by atoms with E-state index < -0.39 is 17.7 Å². The topological polar surface area (TPSA) is 78.9 Å². The quantitative estimate of drug-likeness (QED) is 0.357. The lowest BCUT2D eigenvalue weighted by Gasteiger charge is -2.10. The van der Waals surface area contributed by atoms with E-state index in [0.29, 0.717) is 11.3 Å². The Bertz CT molecular complexity index is 564. The Labute approximate surface area is 119 Å². The Morgan fingerprint density at radius 3 is 2.45 bits per heavy atom. The largest absolute Gasteiger partial charge is 0.466 e. The Balaban J connectivity index is 3.13. The summed E-state index contributed by atoms with van der Waals surface area (Å²) in [5.41, 5.74) is 0.122. The van der Waals surface area contributed by atoms with Crippen LogP contribution in [0, 0.1) is 0 Å². The molecule has 1 rings (SSSR count). The molecule has 0 aliphatic rings. The average Bonchev–Trinajstić information content (AvgIpc) is 2.46. The molecule has 1 aromatic rings. The van der Waals surface area contributed by atoms with Crippen LogP contribution in [0.3, 0.4) is 0 Å². The number of ether oxygens (including phenoxy) is 3. The highest BCUT2D eigenvalue weighted by atomic mass is 35.5. The van der Waals surface area contributed by atoms with E-state index in [-0.39, 0.29) is 11.3 Å². The van der Waals surface area contributed by atoms with Gasteiger partial charge < -0.3 is 14.2 Å². The van der Waals surface area contributed by atoms with Gasteiger partial charge in [0.25, 0.3) is 0 Å². The summed E-state index contributed by atoms with van der Waals surface area (Å²) in [6, 6.07) is 4.22. The number of carbonyl (C=O) groups is 3. The van der Waals surface area contributed by atoms with Crippen molar-refractivity contribution in [1.82, 2.24) is 0 Å². The van der Waals surface area contributed by atoms with Crippen molar-refractivity contribution < 1.29 is 28.6 Å². The third-order valence-electron chi connectivity index (χ3n) is 2.16. The summed E-state index contributed by atoms with van der Waals surface area (Å²) in [5.74, 6) is -2.04. The van der Waals surface area contributed by atoms with E-state index in [4.69, 9.17) is 16.3 Å². The zero-order chi connectivity index (χ0) is 15.1. The number of aldehydes is 1. The van der Waals surface area contributed by atoms with E-state index in [9.17, 15) is 14.4 Å². The van der Waals surface area contributed by atoms with Crippen molar-refractivity contribution >= 4 is 29.8 Å². The third-order valence-corrected chi connectivity index (χ3v) is 2.39. The lowest BCUT2D eigenvalue weighted by Crippen LogP contribution is -2.14. The number of esters is 2. The number of hydrogen-bond donors (Lipinski definition) is 0. The predicted molar refractivity (Wildman–Crippen MR) is 69.6 cm³/mol. The van der Waals surface area contributed by atoms with Crippen LogP contribution in [0.15, 0.2) is 30.0 Å². The first-order valence-electron chi connectivity index (χ1n) is 5.32. The van der Waals surface area contributed by atoms with E-state index >= 15 is 0 Å². The molecule has 0 atom stereocenters. The SMILES string of the molecule is COC(=O)C=C(Oc1ccc(Cl)cc1C=O)C(=O)OC. The minimum Gasteiger partial charge on any atom is -0.466 e. The number of rotatable bonds is 5. The summed E-state index contributed by atoms with van der Waals surface area (Å²) in [4.78, 5) is 33.6. The highest BCUT2D eigenvalue weighted by molar-refractivity contribution is 6.30. The second kappa shape index (κ2) is 7.30. The van der Waals surface area contributed by atoms with E-state index in [2.05, 4.69) is 9.47 Å². The minimum absolute atomic E-state index is 0.0601. The first-order valence-corrected chi connectivity index (χ1v) is 5.70. The standard InChI is InChI=1S/C13H11ClO6/c1-18-12(16)6-11(13(17)19-2)20-10-4-3-9(14)5-8(10)7-15/h3-7H,1-2H3. The normalized spacial score (nSPS) is 10.7. The first-order chi connectivity index (χ1) is 9.51. The molecule has 0 unspecified atom stereocenters. The Morgan fingerprint density at radius 2 is 1.90 bits per heavy atom. The lowest BCUT2D eigenvalue weighted by molar-refractivity contribution is -0.140. The van der Waals surface area contributed by atoms with E-state index in [1.807, 2.05) is 0 Å². The van der Waals surface area contributed by atoms with Crippen LogP contribution >= 0.6 is 11.6 Å². The molecule has 1 aromatic carbocycles. The van der Waals surface area contributed by atoms with Gasteiger partial charge in [-0.2, -0.15) is 0 Å². The molecule has 0 aromatic heterocycles. The lowest BCUT2D eigenvalue weighted by atomic mass is 10.2. The van der Waals surface area contributed by atoms with Crippen molar-refractivity contribution in [3.8, 4) is 5.75 Å². The summed E-state index contributed by atoms with van der Waals surface area (Å²) in [5, 5.41) is 0.330. The van der Waals surface area contributed by atoms with E-state index in [1.165, 1.54) is 18.2 Å². The molecule has 0 aliphatic carbocycles. The average molecular weight is 299 g/mol. The van der Waals surface area contributed by atoms with Crippen molar-refractivity contribution in [2.75, 3.05) is 14.2 Å². The second-order valence-corrected chi connectivity index (χ2v) is 3.86. The van der Waals surface area contributed by atoms with Crippen LogP contribution in [0.4, 0.5) is 0 Å². The van der Waals surface area contributed by atoms with Gasteiger partial charge in [0.05, 0.1) is 25.9 Å². The van der Waals surface area contributed by atoms with Gasteiger partial charge in [-0.05, 0) is 18.2 Å². The fraction of sp³-hybridized carbons (Fsp3) is 0.154. The number of halogens is 1. The van der Waals surface area contributed by atoms with Crippen LogP contribution in [0.25, 0.3) is 0 Å². The predicted octanol–water partition coefficient (Wildman–Crippen LogP) is 1.76. The molecule has 0 N–H and O–H groups in total. The van der Waals surface area contributed by atoms with Gasteiger partial charge in [-0.3, -0.25) is 4.79 Å². The van der Waals surface area contributed by atoms with Gasteiger partial charge in [-0.25, -0.2) is 9.59 Å². The summed E-state index contributed by atoms with van der Waals surface area (Å²) < 4.78 is 14.1. The molecule has 7 heteroatoms. The molecule has 0 saturated heterocycles. The molecular weight excluding hydrogens is 288 g/mol. The molecule has 0 fully saturated rings. The summed E-state index contributed by atoms with van der Waals surface area (Å²) >= 11 is 5.73. The Hall–Kier alpha value is -2.34. The van der Waals surface area contributed by atoms with Crippen molar-refractivity contribution in [3.63, 3.8) is 0 Å². The van der Waals surface area contributed by atoms with Crippen LogP contribution in [-0.2, 0) is 19.1 Å². The van der Waals surface area contributed by atoms with Crippen LogP contribution in [0.5, 0.6) is 5.75 Å². The van der Waals surface area contributed by atoms with Crippen LogP contribution in [-0.4, -0.2) is 32.4 Å². The number of hydrogen-bond acceptors (Lipinski definition) is 6. The molecule has 0 amide bonds. The van der Waals surface area contributed by atoms with Gasteiger partial charge in [0.15, 0.2) is 6.29 Å². The van der Waals surface area contributed by atoms with Gasteiger partial charge >= 0.3 is 11.9 Å². The van der Waals surface area contributed by atoms with Crippen molar-refractivity contribution in [3.05, 3.63) is 40.6 Å². The molecule has 0 radical (unpaired) electrons. The smallest absolute Gasteiger partial charge is 0.374 e. The molecular formula is C13H11ClO6. The molecule has 0 aliphatic heterocycles. The first kappa shape index (κ1) is 15.7. The number of carbonyl (C=O) groups excluding carboxylic acids is 3. The monoisotopic (exact) mass is 298 g/mol. The minimum atomic E-state index is -0.887. The van der Waals surface area contributed by atoms with Crippen LogP contribution < -0.4 is 4.74 Å². The highest BCUT2D eigenvalue weighted by Crippen LogP contribution is 2.23. The van der Waals surface area contributed by atoms with Crippen molar-refractivity contribution in [2.45, 2.75) is 0 Å². The maximum Gasteiger partial charge on any atom is 0.374 e. The van der Waals surface area contributed by atoms with E-state index in [1.54, 1.807) is 0 Å². The fourth-order valence-corrected chi connectivity index (χ4v) is 1.40. The van der Waals surface area contributed by atoms with Crippen molar-refractivity contribution in [2.24, 2.45) is 0 Å². The molecule has 106 valence electrons. The van der Waals surface area contributed by atoms with E-state index in [0.717, 1.165) is 20.3 Å². The summed E-state index contributed by atoms with van der Waals surface area (Å²) in [6.07, 6.45) is 1.32. The maximum absolute atomic E-state index is 11.5. The summed E-state index contributed by atoms with van der Waals surface area (Å²) in [6.45, 7) is 0. The number of benzene rings is 1. The maximum atomic E-state index is 11.5. The second-order valence-electron chi connectivity index (χ2n) is 3.43. The van der Waals surface area contributed by atoms with Crippen LogP contribution in [0.2, 0.25) is 5.02 Å². The molecule has 0 heterocycles. The molecule has 0 bridgehead atoms. The van der Waals surface area contributed by atoms with Gasteiger partial charge in [0.2, 0.25) is 5.76 Å². The molecule has 20 heavy (non-hydrogen) atoms. The molecule has 6 nitrogen and oxygen atoms in total. The van der Waals surface area contributed by atoms with Gasteiger partial charge in [0, 0.05) is 5.02 Å². The molecule has 0 saturated carbocycles. The van der Waals surface area contributed by atoms with Gasteiger partial charge in [0.1, 0.15) is 5.75 Å². The highest BCUT2D eigenvalue weighted by Gasteiger charge is 2.17. The zero-order valence-electron chi connectivity index (χ0n) is 10.7.